The lowest BCUT2D eigenvalue weighted by Crippen LogP contribution is -2.39. The third-order valence-electron chi connectivity index (χ3n) is 4.15. The Bertz CT molecular complexity index is 452. The number of rotatable bonds is 6. The number of anilines is 1. The van der Waals surface area contributed by atoms with Gasteiger partial charge in [-0.3, -0.25) is 0 Å². The first-order chi connectivity index (χ1) is 10.1. The summed E-state index contributed by atoms with van der Waals surface area (Å²) in [5.74, 6) is 1.57. The zero-order valence-electron chi connectivity index (χ0n) is 13.4. The van der Waals surface area contributed by atoms with Crippen molar-refractivity contribution in [3.8, 4) is 5.75 Å². The number of benzene rings is 1. The molecule has 1 aromatic rings. The fourth-order valence-electron chi connectivity index (χ4n) is 2.93. The summed E-state index contributed by atoms with van der Waals surface area (Å²) in [7, 11) is 2.20. The van der Waals surface area contributed by atoms with E-state index in [0.29, 0.717) is 12.0 Å². The summed E-state index contributed by atoms with van der Waals surface area (Å²) in [5, 5.41) is 4.36. The largest absolute Gasteiger partial charge is 0.491 e. The lowest BCUT2D eigenvalue weighted by molar-refractivity contribution is 0.197. The van der Waals surface area contributed by atoms with Gasteiger partial charge in [-0.05, 0) is 63.9 Å². The number of likely N-dealkylation sites (tertiary alicyclic amines) is 1. The Morgan fingerprint density at radius 3 is 3.00 bits per heavy atom. The molecule has 1 saturated heterocycles. The number of halogens is 1. The van der Waals surface area contributed by atoms with Crippen LogP contribution in [0.4, 0.5) is 5.69 Å². The van der Waals surface area contributed by atoms with Gasteiger partial charge in [0.25, 0.3) is 0 Å². The minimum absolute atomic E-state index is 0.412. The highest BCUT2D eigenvalue weighted by atomic mass is 35.5. The Balaban J connectivity index is 2.04. The second kappa shape index (κ2) is 7.90. The van der Waals surface area contributed by atoms with Gasteiger partial charge in [0.05, 0.1) is 12.3 Å². The van der Waals surface area contributed by atoms with E-state index < -0.39 is 0 Å². The van der Waals surface area contributed by atoms with E-state index in [0.717, 1.165) is 36.0 Å². The molecule has 21 heavy (non-hydrogen) atoms. The normalized spacial score (nSPS) is 21.0. The Hall–Kier alpha value is -0.930. The summed E-state index contributed by atoms with van der Waals surface area (Å²) in [6.07, 6.45) is 3.57. The van der Waals surface area contributed by atoms with E-state index in [9.17, 15) is 0 Å². The van der Waals surface area contributed by atoms with Crippen LogP contribution in [0.15, 0.2) is 18.2 Å². The highest BCUT2D eigenvalue weighted by Crippen LogP contribution is 2.30. The average Bonchev–Trinajstić information content (AvgIpc) is 2.46. The number of nitrogens with zero attached hydrogens (tertiary/aromatic N) is 1. The van der Waals surface area contributed by atoms with Gasteiger partial charge in [0.15, 0.2) is 0 Å². The predicted octanol–water partition coefficient (Wildman–Crippen LogP) is 4.27. The number of hydrogen-bond acceptors (Lipinski definition) is 3. The molecule has 1 aromatic carbocycles. The maximum Gasteiger partial charge on any atom is 0.142 e. The molecule has 0 radical (unpaired) electrons. The van der Waals surface area contributed by atoms with Gasteiger partial charge >= 0.3 is 0 Å². The van der Waals surface area contributed by atoms with E-state index in [1.165, 1.54) is 19.4 Å². The molecule has 3 nitrogen and oxygen atoms in total. The number of nitrogens with one attached hydrogen (secondary N) is 1. The van der Waals surface area contributed by atoms with Crippen LogP contribution < -0.4 is 10.1 Å². The van der Waals surface area contributed by atoms with Gasteiger partial charge in [-0.15, -0.1) is 0 Å². The summed E-state index contributed by atoms with van der Waals surface area (Å²) < 4.78 is 5.82. The zero-order chi connectivity index (χ0) is 15.2. The van der Waals surface area contributed by atoms with Crippen molar-refractivity contribution >= 4 is 17.3 Å². The van der Waals surface area contributed by atoms with Crippen LogP contribution in [0.1, 0.15) is 33.1 Å². The molecule has 1 aliphatic heterocycles. The van der Waals surface area contributed by atoms with Crippen molar-refractivity contribution in [2.75, 3.05) is 32.1 Å². The molecule has 1 N–H and O–H groups in total. The lowest BCUT2D eigenvalue weighted by atomic mass is 9.91. The van der Waals surface area contributed by atoms with Crippen LogP contribution in [0.3, 0.4) is 0 Å². The van der Waals surface area contributed by atoms with E-state index >= 15 is 0 Å². The molecule has 1 heterocycles. The summed E-state index contributed by atoms with van der Waals surface area (Å²) in [5.41, 5.74) is 1.01. The van der Waals surface area contributed by atoms with Crippen molar-refractivity contribution in [2.24, 2.45) is 5.92 Å². The smallest absolute Gasteiger partial charge is 0.142 e. The van der Waals surface area contributed by atoms with E-state index in [1.54, 1.807) is 0 Å². The SMILES string of the molecule is CCCOc1ccc(Cl)cc1NC(C)C1CCCN(C)C1. The maximum atomic E-state index is 6.14. The summed E-state index contributed by atoms with van der Waals surface area (Å²) >= 11 is 6.14. The van der Waals surface area contributed by atoms with Gasteiger partial charge < -0.3 is 15.0 Å². The standard InChI is InChI=1S/C17H27ClN2O/c1-4-10-21-17-8-7-15(18)11-16(17)19-13(2)14-6-5-9-20(3)12-14/h7-8,11,13-14,19H,4-6,9-10,12H2,1-3H3. The Labute approximate surface area is 133 Å². The molecule has 1 aliphatic rings. The Morgan fingerprint density at radius 1 is 1.48 bits per heavy atom. The molecular formula is C17H27ClN2O. The molecule has 0 bridgehead atoms. The fraction of sp³-hybridized carbons (Fsp3) is 0.647. The molecule has 0 saturated carbocycles. The third kappa shape index (κ3) is 4.79. The molecular weight excluding hydrogens is 284 g/mol. The zero-order valence-corrected chi connectivity index (χ0v) is 14.1. The van der Waals surface area contributed by atoms with Gasteiger partial charge in [0, 0.05) is 17.6 Å². The number of piperidine rings is 1. The van der Waals surface area contributed by atoms with Gasteiger partial charge in [-0.2, -0.15) is 0 Å². The summed E-state index contributed by atoms with van der Waals surface area (Å²) in [4.78, 5) is 2.42. The van der Waals surface area contributed by atoms with Crippen LogP contribution in [0.5, 0.6) is 5.75 Å². The van der Waals surface area contributed by atoms with Gasteiger partial charge in [-0.1, -0.05) is 18.5 Å². The molecule has 0 spiro atoms. The van der Waals surface area contributed by atoms with Crippen LogP contribution >= 0.6 is 11.6 Å². The van der Waals surface area contributed by atoms with Gasteiger partial charge in [0.2, 0.25) is 0 Å². The van der Waals surface area contributed by atoms with E-state index in [-0.39, 0.29) is 0 Å². The molecule has 0 amide bonds. The lowest BCUT2D eigenvalue weighted by Gasteiger charge is -2.34. The minimum atomic E-state index is 0.412. The van der Waals surface area contributed by atoms with Crippen LogP contribution in [-0.4, -0.2) is 37.7 Å². The van der Waals surface area contributed by atoms with Crippen molar-refractivity contribution in [3.05, 3.63) is 23.2 Å². The Kier molecular flexibility index (Phi) is 6.19. The minimum Gasteiger partial charge on any atom is -0.491 e. The molecule has 2 atom stereocenters. The molecule has 2 unspecified atom stereocenters. The van der Waals surface area contributed by atoms with Crippen LogP contribution in [0.2, 0.25) is 5.02 Å². The highest BCUT2D eigenvalue weighted by Gasteiger charge is 2.23. The molecule has 118 valence electrons. The number of hydrogen-bond donors (Lipinski definition) is 1. The maximum absolute atomic E-state index is 6.14. The van der Waals surface area contributed by atoms with Crippen molar-refractivity contribution in [3.63, 3.8) is 0 Å². The molecule has 0 aromatic heterocycles. The van der Waals surface area contributed by atoms with Crippen molar-refractivity contribution < 1.29 is 4.74 Å². The highest BCUT2D eigenvalue weighted by molar-refractivity contribution is 6.30. The second-order valence-corrected chi connectivity index (χ2v) is 6.52. The first-order valence-corrected chi connectivity index (χ1v) is 8.35. The number of ether oxygens (including phenoxy) is 1. The van der Waals surface area contributed by atoms with E-state index in [4.69, 9.17) is 16.3 Å². The summed E-state index contributed by atoms with van der Waals surface area (Å²) in [6.45, 7) is 7.47. The quantitative estimate of drug-likeness (QED) is 0.849. The molecule has 2 rings (SSSR count). The van der Waals surface area contributed by atoms with Crippen LogP contribution in [-0.2, 0) is 0 Å². The third-order valence-corrected chi connectivity index (χ3v) is 4.39. The monoisotopic (exact) mass is 310 g/mol. The van der Waals surface area contributed by atoms with Crippen LogP contribution in [0, 0.1) is 5.92 Å². The summed E-state index contributed by atoms with van der Waals surface area (Å²) in [6, 6.07) is 6.22. The van der Waals surface area contributed by atoms with Gasteiger partial charge in [0.1, 0.15) is 5.75 Å². The van der Waals surface area contributed by atoms with Crippen molar-refractivity contribution in [1.82, 2.24) is 4.90 Å². The van der Waals surface area contributed by atoms with E-state index in [2.05, 4.69) is 31.1 Å². The molecule has 0 aliphatic carbocycles. The van der Waals surface area contributed by atoms with Crippen molar-refractivity contribution in [2.45, 2.75) is 39.2 Å². The van der Waals surface area contributed by atoms with Crippen molar-refractivity contribution in [1.29, 1.82) is 0 Å². The first kappa shape index (κ1) is 16.4. The average molecular weight is 311 g/mol. The predicted molar refractivity (Wildman–Crippen MR) is 90.5 cm³/mol. The van der Waals surface area contributed by atoms with E-state index in [1.807, 2.05) is 18.2 Å². The fourth-order valence-corrected chi connectivity index (χ4v) is 3.10. The van der Waals surface area contributed by atoms with Crippen LogP contribution in [0.25, 0.3) is 0 Å². The Morgan fingerprint density at radius 2 is 2.29 bits per heavy atom. The first-order valence-electron chi connectivity index (χ1n) is 7.97. The second-order valence-electron chi connectivity index (χ2n) is 6.09. The topological polar surface area (TPSA) is 24.5 Å². The molecule has 4 heteroatoms. The van der Waals surface area contributed by atoms with Gasteiger partial charge in [-0.25, -0.2) is 0 Å². The molecule has 1 fully saturated rings.